The molecule has 2 aromatic rings. The maximum atomic E-state index is 4.34. The lowest BCUT2D eigenvalue weighted by Crippen LogP contribution is -2.20. The zero-order valence-corrected chi connectivity index (χ0v) is 13.3. The Kier molecular flexibility index (Phi) is 5.15. The topological polar surface area (TPSA) is 37.8 Å². The molecule has 0 aliphatic rings. The number of benzene rings is 1. The molecule has 0 saturated heterocycles. The molecule has 2 rings (SSSR count). The van der Waals surface area contributed by atoms with Crippen molar-refractivity contribution in [1.82, 2.24) is 15.3 Å². The normalized spacial score (nSPS) is 12.4. The number of rotatable bonds is 5. The number of hydrogen-bond donors (Lipinski definition) is 1. The van der Waals surface area contributed by atoms with Gasteiger partial charge in [0.15, 0.2) is 5.16 Å². The van der Waals surface area contributed by atoms with E-state index in [1.807, 2.05) is 26.4 Å². The lowest BCUT2D eigenvalue weighted by molar-refractivity contribution is 0.656. The molecule has 20 heavy (non-hydrogen) atoms. The molecule has 106 valence electrons. The zero-order chi connectivity index (χ0) is 14.5. The van der Waals surface area contributed by atoms with Crippen LogP contribution in [0.4, 0.5) is 0 Å². The lowest BCUT2D eigenvalue weighted by Gasteiger charge is -2.18. The average molecular weight is 287 g/mol. The number of nitrogens with one attached hydrogen (secondary N) is 1. The van der Waals surface area contributed by atoms with E-state index in [2.05, 4.69) is 47.3 Å². The summed E-state index contributed by atoms with van der Waals surface area (Å²) in [4.78, 5) is 8.68. The Bertz CT molecular complexity index is 566. The second-order valence-electron chi connectivity index (χ2n) is 5.06. The highest BCUT2D eigenvalue weighted by molar-refractivity contribution is 7.99. The van der Waals surface area contributed by atoms with E-state index in [4.69, 9.17) is 0 Å². The number of nitrogens with zero attached hydrogens (tertiary/aromatic N) is 2. The number of thioether (sulfide) groups is 1. The largest absolute Gasteiger partial charge is 0.312 e. The minimum absolute atomic E-state index is 0.310. The molecule has 1 atom stereocenters. The first-order valence-corrected chi connectivity index (χ1v) is 7.74. The van der Waals surface area contributed by atoms with Crippen LogP contribution in [-0.2, 0) is 0 Å². The van der Waals surface area contributed by atoms with Crippen LogP contribution in [0.2, 0.25) is 0 Å². The van der Waals surface area contributed by atoms with Crippen LogP contribution in [0.1, 0.15) is 28.3 Å². The van der Waals surface area contributed by atoms with E-state index in [-0.39, 0.29) is 0 Å². The van der Waals surface area contributed by atoms with Crippen LogP contribution >= 0.6 is 11.8 Å². The maximum absolute atomic E-state index is 4.34. The lowest BCUT2D eigenvalue weighted by atomic mass is 10.0. The Balaban J connectivity index is 2.09. The van der Waals surface area contributed by atoms with Crippen molar-refractivity contribution in [3.8, 4) is 0 Å². The fourth-order valence-corrected chi connectivity index (χ4v) is 2.99. The van der Waals surface area contributed by atoms with E-state index >= 15 is 0 Å². The summed E-state index contributed by atoms with van der Waals surface area (Å²) in [7, 11) is 2.00. The molecular weight excluding hydrogens is 266 g/mol. The summed E-state index contributed by atoms with van der Waals surface area (Å²) < 4.78 is 0. The number of aromatic nitrogens is 2. The predicted octanol–water partition coefficient (Wildman–Crippen LogP) is 3.45. The molecule has 1 heterocycles. The molecule has 1 aromatic heterocycles. The van der Waals surface area contributed by atoms with Gasteiger partial charge < -0.3 is 5.32 Å². The summed E-state index contributed by atoms with van der Waals surface area (Å²) in [5.74, 6) is 0.920. The van der Waals surface area contributed by atoms with Gasteiger partial charge in [-0.1, -0.05) is 35.5 Å². The second-order valence-corrected chi connectivity index (χ2v) is 6.04. The van der Waals surface area contributed by atoms with Crippen molar-refractivity contribution in [2.75, 3.05) is 12.8 Å². The first kappa shape index (κ1) is 15.0. The van der Waals surface area contributed by atoms with E-state index in [1.165, 1.54) is 16.7 Å². The smallest absolute Gasteiger partial charge is 0.187 e. The fraction of sp³-hybridized carbons (Fsp3) is 0.375. The molecule has 1 unspecified atom stereocenters. The molecule has 0 saturated carbocycles. The van der Waals surface area contributed by atoms with E-state index in [9.17, 15) is 0 Å². The molecule has 0 fully saturated rings. The standard InChI is InChI=1S/C16H21N3S/c1-11-5-6-13(3)14(7-11)15(17-4)10-20-16-18-8-12(2)9-19-16/h5-9,15,17H,10H2,1-4H3. The third-order valence-electron chi connectivity index (χ3n) is 3.29. The van der Waals surface area contributed by atoms with Gasteiger partial charge in [0.1, 0.15) is 0 Å². The van der Waals surface area contributed by atoms with E-state index in [0.717, 1.165) is 16.5 Å². The van der Waals surface area contributed by atoms with Crippen LogP contribution in [0.5, 0.6) is 0 Å². The Morgan fingerprint density at radius 3 is 2.45 bits per heavy atom. The highest BCUT2D eigenvalue weighted by Gasteiger charge is 2.13. The molecule has 0 aliphatic heterocycles. The van der Waals surface area contributed by atoms with Gasteiger partial charge in [-0.15, -0.1) is 0 Å². The maximum Gasteiger partial charge on any atom is 0.187 e. The van der Waals surface area contributed by atoms with Crippen molar-refractivity contribution in [3.05, 3.63) is 52.8 Å². The van der Waals surface area contributed by atoms with Gasteiger partial charge in [-0.3, -0.25) is 0 Å². The summed E-state index contributed by atoms with van der Waals surface area (Å²) in [6.45, 7) is 6.29. The van der Waals surface area contributed by atoms with Gasteiger partial charge in [0.2, 0.25) is 0 Å². The molecule has 0 aliphatic carbocycles. The van der Waals surface area contributed by atoms with E-state index in [1.54, 1.807) is 11.8 Å². The fourth-order valence-electron chi connectivity index (χ4n) is 2.08. The Hall–Kier alpha value is -1.39. The Labute approximate surface area is 125 Å². The molecule has 0 bridgehead atoms. The van der Waals surface area contributed by atoms with Gasteiger partial charge in [-0.2, -0.15) is 0 Å². The van der Waals surface area contributed by atoms with Crippen molar-refractivity contribution in [2.45, 2.75) is 32.0 Å². The van der Waals surface area contributed by atoms with Gasteiger partial charge in [0.25, 0.3) is 0 Å². The van der Waals surface area contributed by atoms with Gasteiger partial charge in [0, 0.05) is 24.2 Å². The first-order valence-electron chi connectivity index (χ1n) is 6.76. The van der Waals surface area contributed by atoms with Crippen molar-refractivity contribution >= 4 is 11.8 Å². The van der Waals surface area contributed by atoms with Gasteiger partial charge >= 0.3 is 0 Å². The van der Waals surface area contributed by atoms with Crippen LogP contribution in [0.25, 0.3) is 0 Å². The number of hydrogen-bond acceptors (Lipinski definition) is 4. The van der Waals surface area contributed by atoms with Crippen LogP contribution in [-0.4, -0.2) is 22.8 Å². The summed E-state index contributed by atoms with van der Waals surface area (Å²) in [6.07, 6.45) is 3.73. The third-order valence-corrected chi connectivity index (χ3v) is 4.26. The summed E-state index contributed by atoms with van der Waals surface area (Å²) in [5, 5.41) is 4.23. The van der Waals surface area contributed by atoms with Crippen LogP contribution in [0.3, 0.4) is 0 Å². The number of aryl methyl sites for hydroxylation is 3. The van der Waals surface area contributed by atoms with Crippen molar-refractivity contribution < 1.29 is 0 Å². The van der Waals surface area contributed by atoms with Gasteiger partial charge in [-0.05, 0) is 44.5 Å². The molecule has 1 aromatic carbocycles. The van der Waals surface area contributed by atoms with Crippen molar-refractivity contribution in [1.29, 1.82) is 0 Å². The summed E-state index contributed by atoms with van der Waals surface area (Å²) >= 11 is 1.69. The minimum atomic E-state index is 0.310. The van der Waals surface area contributed by atoms with Crippen molar-refractivity contribution in [3.63, 3.8) is 0 Å². The van der Waals surface area contributed by atoms with Gasteiger partial charge in [-0.25, -0.2) is 9.97 Å². The highest BCUT2D eigenvalue weighted by Crippen LogP contribution is 2.25. The highest BCUT2D eigenvalue weighted by atomic mass is 32.2. The Morgan fingerprint density at radius 2 is 1.80 bits per heavy atom. The predicted molar refractivity (Wildman–Crippen MR) is 85.2 cm³/mol. The molecule has 0 amide bonds. The molecular formula is C16H21N3S. The minimum Gasteiger partial charge on any atom is -0.312 e. The van der Waals surface area contributed by atoms with Crippen LogP contribution in [0.15, 0.2) is 35.7 Å². The summed E-state index contributed by atoms with van der Waals surface area (Å²) in [6, 6.07) is 6.90. The molecule has 3 nitrogen and oxygen atoms in total. The van der Waals surface area contributed by atoms with Crippen LogP contribution in [0, 0.1) is 20.8 Å². The molecule has 0 radical (unpaired) electrons. The zero-order valence-electron chi connectivity index (χ0n) is 12.5. The molecule has 4 heteroatoms. The molecule has 0 spiro atoms. The van der Waals surface area contributed by atoms with Crippen molar-refractivity contribution in [2.24, 2.45) is 0 Å². The van der Waals surface area contributed by atoms with E-state index in [0.29, 0.717) is 6.04 Å². The Morgan fingerprint density at radius 1 is 1.10 bits per heavy atom. The van der Waals surface area contributed by atoms with Gasteiger partial charge in [0.05, 0.1) is 0 Å². The average Bonchev–Trinajstić information content (AvgIpc) is 2.45. The third kappa shape index (κ3) is 3.81. The molecule has 1 N–H and O–H groups in total. The second kappa shape index (κ2) is 6.86. The SMILES string of the molecule is CNC(CSc1ncc(C)cn1)c1cc(C)ccc1C. The quantitative estimate of drug-likeness (QED) is 0.675. The summed E-state index contributed by atoms with van der Waals surface area (Å²) in [5.41, 5.74) is 5.06. The van der Waals surface area contributed by atoms with Crippen LogP contribution < -0.4 is 5.32 Å². The first-order chi connectivity index (χ1) is 9.60. The monoisotopic (exact) mass is 287 g/mol. The van der Waals surface area contributed by atoms with E-state index < -0.39 is 0 Å².